The summed E-state index contributed by atoms with van der Waals surface area (Å²) in [6.07, 6.45) is 0.283. The van der Waals surface area contributed by atoms with Gasteiger partial charge in [0.05, 0.1) is 22.1 Å². The van der Waals surface area contributed by atoms with Crippen LogP contribution in [0.2, 0.25) is 10.0 Å². The molecule has 1 aliphatic heterocycles. The number of nitrogens with two attached hydrogens (primary N) is 1. The van der Waals surface area contributed by atoms with Gasteiger partial charge < -0.3 is 15.7 Å². The van der Waals surface area contributed by atoms with Gasteiger partial charge in [-0.3, -0.25) is 4.79 Å². The Bertz CT molecular complexity index is 737. The molecule has 7 heteroatoms. The van der Waals surface area contributed by atoms with Crippen LogP contribution < -0.4 is 10.6 Å². The molecule has 3 rings (SSSR count). The number of hydrogen-bond acceptors (Lipinski definition) is 4. The van der Waals surface area contributed by atoms with Crippen LogP contribution in [0.3, 0.4) is 0 Å². The number of pyridine rings is 1. The molecule has 0 bridgehead atoms. The minimum atomic E-state index is -1.51. The van der Waals surface area contributed by atoms with E-state index >= 15 is 0 Å². The lowest BCUT2D eigenvalue weighted by molar-refractivity contribution is -0.134. The zero-order valence-corrected chi connectivity index (χ0v) is 12.5. The molecule has 1 saturated heterocycles. The molecule has 1 unspecified atom stereocenters. The summed E-state index contributed by atoms with van der Waals surface area (Å²) in [7, 11) is 0. The first-order valence-corrected chi connectivity index (χ1v) is 7.18. The van der Waals surface area contributed by atoms with Crippen molar-refractivity contribution < 1.29 is 9.90 Å². The van der Waals surface area contributed by atoms with Gasteiger partial charge in [0.1, 0.15) is 5.82 Å². The van der Waals surface area contributed by atoms with Crippen molar-refractivity contribution in [3.05, 3.63) is 34.3 Å². The topological polar surface area (TPSA) is 79.5 Å². The summed E-state index contributed by atoms with van der Waals surface area (Å²) in [5, 5.41) is 12.0. The van der Waals surface area contributed by atoms with E-state index in [-0.39, 0.29) is 13.0 Å². The van der Waals surface area contributed by atoms with Crippen LogP contribution in [0.5, 0.6) is 0 Å². The third kappa shape index (κ3) is 2.41. The monoisotopic (exact) mass is 325 g/mol. The zero-order valence-electron chi connectivity index (χ0n) is 11.0. The van der Waals surface area contributed by atoms with Gasteiger partial charge in [-0.25, -0.2) is 4.98 Å². The molecular formula is C14H13Cl2N3O2. The Hall–Kier alpha value is -1.56. The SMILES string of the molecule is NC(=O)C1(O)CCN(c2ccc3c(Cl)ccc(Cl)c3n2)C1. The van der Waals surface area contributed by atoms with Crippen molar-refractivity contribution in [2.45, 2.75) is 12.0 Å². The van der Waals surface area contributed by atoms with E-state index in [0.717, 1.165) is 5.39 Å². The second-order valence-electron chi connectivity index (χ2n) is 5.16. The number of nitrogens with zero attached hydrogens (tertiary/aromatic N) is 2. The molecule has 0 saturated carbocycles. The van der Waals surface area contributed by atoms with Gasteiger partial charge in [0.2, 0.25) is 0 Å². The molecule has 2 heterocycles. The van der Waals surface area contributed by atoms with Crippen LogP contribution in [-0.2, 0) is 4.79 Å². The number of aliphatic hydroxyl groups is 1. The van der Waals surface area contributed by atoms with E-state index in [1.807, 2.05) is 6.07 Å². The number of anilines is 1. The van der Waals surface area contributed by atoms with E-state index in [1.54, 1.807) is 23.1 Å². The molecular weight excluding hydrogens is 313 g/mol. The second-order valence-corrected chi connectivity index (χ2v) is 5.98. The van der Waals surface area contributed by atoms with E-state index in [4.69, 9.17) is 28.9 Å². The maximum atomic E-state index is 11.3. The Morgan fingerprint density at radius 1 is 1.29 bits per heavy atom. The van der Waals surface area contributed by atoms with Gasteiger partial charge in [0, 0.05) is 18.4 Å². The number of fused-ring (bicyclic) bond motifs is 1. The van der Waals surface area contributed by atoms with Gasteiger partial charge in [-0.15, -0.1) is 0 Å². The number of carbonyl (C=O) groups is 1. The van der Waals surface area contributed by atoms with Gasteiger partial charge in [0.15, 0.2) is 5.60 Å². The number of β-amino-alcohol motifs (C(OH)–C–C–N with tert-alkyl or cyclic N) is 1. The van der Waals surface area contributed by atoms with Crippen LogP contribution in [0.4, 0.5) is 5.82 Å². The molecule has 0 aliphatic carbocycles. The summed E-state index contributed by atoms with van der Waals surface area (Å²) in [5.41, 5.74) is 4.32. The lowest BCUT2D eigenvalue weighted by atomic mass is 10.0. The predicted octanol–water partition coefficient (Wildman–Crippen LogP) is 1.97. The van der Waals surface area contributed by atoms with Crippen molar-refractivity contribution in [2.75, 3.05) is 18.0 Å². The second kappa shape index (κ2) is 5.02. The summed E-state index contributed by atoms with van der Waals surface area (Å²) < 4.78 is 0. The molecule has 5 nitrogen and oxygen atoms in total. The highest BCUT2D eigenvalue weighted by Crippen LogP contribution is 2.32. The molecule has 1 aromatic heterocycles. The molecule has 1 amide bonds. The molecule has 2 aromatic rings. The third-order valence-electron chi connectivity index (χ3n) is 3.77. The fourth-order valence-corrected chi connectivity index (χ4v) is 2.93. The summed E-state index contributed by atoms with van der Waals surface area (Å²) in [4.78, 5) is 17.6. The number of carbonyl (C=O) groups excluding carboxylic acids is 1. The molecule has 0 spiro atoms. The minimum absolute atomic E-state index is 0.124. The fourth-order valence-electron chi connectivity index (χ4n) is 2.51. The number of halogens is 2. The Balaban J connectivity index is 2.00. The average molecular weight is 326 g/mol. The molecule has 110 valence electrons. The molecule has 21 heavy (non-hydrogen) atoms. The largest absolute Gasteiger partial charge is 0.378 e. The summed E-state index contributed by atoms with van der Waals surface area (Å²) in [6, 6.07) is 7.02. The van der Waals surface area contributed by atoms with Crippen LogP contribution in [0, 0.1) is 0 Å². The van der Waals surface area contributed by atoms with Gasteiger partial charge in [-0.1, -0.05) is 23.2 Å². The quantitative estimate of drug-likeness (QED) is 0.884. The van der Waals surface area contributed by atoms with Crippen molar-refractivity contribution in [3.8, 4) is 0 Å². The van der Waals surface area contributed by atoms with E-state index in [2.05, 4.69) is 4.98 Å². The highest BCUT2D eigenvalue weighted by atomic mass is 35.5. The molecule has 1 atom stereocenters. The number of rotatable bonds is 2. The van der Waals surface area contributed by atoms with Crippen molar-refractivity contribution in [1.29, 1.82) is 0 Å². The third-order valence-corrected chi connectivity index (χ3v) is 4.41. The summed E-state index contributed by atoms with van der Waals surface area (Å²) >= 11 is 12.3. The van der Waals surface area contributed by atoms with E-state index in [9.17, 15) is 9.90 Å². The molecule has 1 fully saturated rings. The molecule has 0 radical (unpaired) electrons. The van der Waals surface area contributed by atoms with Crippen molar-refractivity contribution >= 4 is 45.8 Å². The number of benzene rings is 1. The van der Waals surface area contributed by atoms with Gasteiger partial charge >= 0.3 is 0 Å². The molecule has 1 aliphatic rings. The number of amides is 1. The van der Waals surface area contributed by atoms with Crippen LogP contribution in [0.15, 0.2) is 24.3 Å². The minimum Gasteiger partial charge on any atom is -0.378 e. The van der Waals surface area contributed by atoms with Gasteiger partial charge in [0.25, 0.3) is 5.91 Å². The molecule has 1 aromatic carbocycles. The Labute approximate surface area is 131 Å². The van der Waals surface area contributed by atoms with E-state index in [0.29, 0.717) is 27.9 Å². The Morgan fingerprint density at radius 2 is 2.00 bits per heavy atom. The highest BCUT2D eigenvalue weighted by molar-refractivity contribution is 6.39. The van der Waals surface area contributed by atoms with Crippen molar-refractivity contribution in [2.24, 2.45) is 5.73 Å². The highest BCUT2D eigenvalue weighted by Gasteiger charge is 2.41. The van der Waals surface area contributed by atoms with Crippen LogP contribution >= 0.6 is 23.2 Å². The fraction of sp³-hybridized carbons (Fsp3) is 0.286. The normalized spacial score (nSPS) is 22.0. The number of aromatic nitrogens is 1. The molecule has 3 N–H and O–H groups in total. The van der Waals surface area contributed by atoms with Gasteiger partial charge in [-0.05, 0) is 24.3 Å². The maximum absolute atomic E-state index is 11.3. The lowest BCUT2D eigenvalue weighted by Gasteiger charge is -2.21. The number of primary amides is 1. The van der Waals surface area contributed by atoms with Crippen LogP contribution in [-0.4, -0.2) is 34.7 Å². The maximum Gasteiger partial charge on any atom is 0.251 e. The van der Waals surface area contributed by atoms with Gasteiger partial charge in [-0.2, -0.15) is 0 Å². The first-order chi connectivity index (χ1) is 9.90. The van der Waals surface area contributed by atoms with Crippen LogP contribution in [0.1, 0.15) is 6.42 Å². The summed E-state index contributed by atoms with van der Waals surface area (Å²) in [5.74, 6) is -0.0873. The lowest BCUT2D eigenvalue weighted by Crippen LogP contribution is -2.46. The smallest absolute Gasteiger partial charge is 0.251 e. The average Bonchev–Trinajstić information content (AvgIpc) is 2.87. The number of hydrogen-bond donors (Lipinski definition) is 2. The summed E-state index contributed by atoms with van der Waals surface area (Å²) in [6.45, 7) is 0.620. The first-order valence-electron chi connectivity index (χ1n) is 6.43. The first kappa shape index (κ1) is 14.4. The standard InChI is InChI=1S/C14H13Cl2N3O2/c15-9-2-3-10(16)12-8(9)1-4-11(18-12)19-6-5-14(21,7-19)13(17)20/h1-4,21H,5-7H2,(H2,17,20). The van der Waals surface area contributed by atoms with Crippen molar-refractivity contribution in [3.63, 3.8) is 0 Å². The predicted molar refractivity (Wildman–Crippen MR) is 82.7 cm³/mol. The zero-order chi connectivity index (χ0) is 15.2. The Morgan fingerprint density at radius 3 is 2.67 bits per heavy atom. The van der Waals surface area contributed by atoms with E-state index in [1.165, 1.54) is 0 Å². The van der Waals surface area contributed by atoms with Crippen LogP contribution in [0.25, 0.3) is 10.9 Å². The van der Waals surface area contributed by atoms with E-state index < -0.39 is 11.5 Å². The Kier molecular flexibility index (Phi) is 3.43. The van der Waals surface area contributed by atoms with Crippen molar-refractivity contribution in [1.82, 2.24) is 4.98 Å².